The summed E-state index contributed by atoms with van der Waals surface area (Å²) in [5.41, 5.74) is 0.743. The molecule has 25 heavy (non-hydrogen) atoms. The molecule has 0 aliphatic carbocycles. The molecule has 1 aliphatic heterocycles. The molecule has 0 N–H and O–H groups in total. The molecule has 3 heterocycles. The molecule has 0 atom stereocenters. The Morgan fingerprint density at radius 1 is 1.16 bits per heavy atom. The molecule has 0 saturated carbocycles. The minimum atomic E-state index is -0.523. The smallest absolute Gasteiger partial charge is 0.279 e. The zero-order chi connectivity index (χ0) is 18.1. The van der Waals surface area contributed by atoms with Crippen LogP contribution in [0.3, 0.4) is 0 Å². The highest BCUT2D eigenvalue weighted by atomic mass is 32.1. The van der Waals surface area contributed by atoms with Gasteiger partial charge in [-0.25, -0.2) is 0 Å². The van der Waals surface area contributed by atoms with Gasteiger partial charge in [-0.05, 0) is 17.5 Å². The van der Waals surface area contributed by atoms with Crippen LogP contribution in [0.15, 0.2) is 35.1 Å². The summed E-state index contributed by atoms with van der Waals surface area (Å²) in [6.07, 6.45) is 0. The summed E-state index contributed by atoms with van der Waals surface area (Å²) in [5, 5.41) is 11.4. The van der Waals surface area contributed by atoms with Crippen molar-refractivity contribution in [1.29, 1.82) is 0 Å². The number of fused-ring (bicyclic) bond motifs is 5. The van der Waals surface area contributed by atoms with Gasteiger partial charge in [-0.1, -0.05) is 26.8 Å². The number of pyridine rings is 1. The van der Waals surface area contributed by atoms with Crippen molar-refractivity contribution in [2.45, 2.75) is 26.2 Å². The lowest BCUT2D eigenvalue weighted by Crippen LogP contribution is -2.11. The Morgan fingerprint density at radius 2 is 1.88 bits per heavy atom. The number of nitro benzene ring substituents is 1. The fraction of sp³-hybridized carbons (Fsp3) is 0.222. The first-order chi connectivity index (χ1) is 11.7. The van der Waals surface area contributed by atoms with Crippen LogP contribution in [-0.2, 0) is 5.41 Å². The number of carbonyl (C=O) groups is 1. The molecule has 2 aromatic heterocycles. The first-order valence-corrected chi connectivity index (χ1v) is 8.54. The molecule has 0 saturated heterocycles. The van der Waals surface area contributed by atoms with Crippen molar-refractivity contribution in [3.63, 3.8) is 0 Å². The number of nitro groups is 1. The van der Waals surface area contributed by atoms with E-state index in [1.54, 1.807) is 6.07 Å². The van der Waals surface area contributed by atoms with Gasteiger partial charge < -0.3 is 0 Å². The van der Waals surface area contributed by atoms with E-state index in [0.29, 0.717) is 15.9 Å². The van der Waals surface area contributed by atoms with Gasteiger partial charge >= 0.3 is 0 Å². The average Bonchev–Trinajstić information content (AvgIpc) is 3.08. The standard InChI is InChI=1S/C18H14N2O4S/c1-18(2,3)14-8-12-16(25-14)13(21)7-11-15-9(17(22)19(11)12)5-4-6-10(15)20(23)24/h4-8H,1-3H3. The van der Waals surface area contributed by atoms with Crippen molar-refractivity contribution in [2.75, 3.05) is 0 Å². The second kappa shape index (κ2) is 4.86. The normalized spacial score (nSPS) is 13.2. The Hall–Kier alpha value is -2.80. The van der Waals surface area contributed by atoms with E-state index >= 15 is 0 Å². The summed E-state index contributed by atoms with van der Waals surface area (Å²) < 4.78 is 1.93. The Bertz CT molecular complexity index is 1150. The molecule has 0 fully saturated rings. The Morgan fingerprint density at radius 3 is 2.52 bits per heavy atom. The molecular formula is C18H14N2O4S. The second-order valence-electron chi connectivity index (χ2n) is 7.07. The van der Waals surface area contributed by atoms with Gasteiger partial charge in [0, 0.05) is 17.0 Å². The second-order valence-corrected chi connectivity index (χ2v) is 8.12. The predicted molar refractivity (Wildman–Crippen MR) is 96.6 cm³/mol. The topological polar surface area (TPSA) is 82.2 Å². The van der Waals surface area contributed by atoms with Gasteiger partial charge in [-0.3, -0.25) is 24.3 Å². The van der Waals surface area contributed by atoms with E-state index in [-0.39, 0.29) is 33.6 Å². The first-order valence-electron chi connectivity index (χ1n) is 7.72. The van der Waals surface area contributed by atoms with Gasteiger partial charge in [0.2, 0.25) is 0 Å². The summed E-state index contributed by atoms with van der Waals surface area (Å²) >= 11 is 1.37. The summed E-state index contributed by atoms with van der Waals surface area (Å²) in [5.74, 6) is -0.336. The lowest BCUT2D eigenvalue weighted by atomic mass is 9.95. The average molecular weight is 354 g/mol. The molecular weight excluding hydrogens is 340 g/mol. The van der Waals surface area contributed by atoms with Crippen LogP contribution in [0.25, 0.3) is 21.5 Å². The minimum absolute atomic E-state index is 0.163. The first kappa shape index (κ1) is 15.7. The molecule has 1 aliphatic rings. The van der Waals surface area contributed by atoms with Gasteiger partial charge in [-0.2, -0.15) is 0 Å². The van der Waals surface area contributed by atoms with Crippen molar-refractivity contribution in [1.82, 2.24) is 4.57 Å². The number of benzene rings is 1. The molecule has 0 radical (unpaired) electrons. The van der Waals surface area contributed by atoms with Crippen molar-refractivity contribution < 1.29 is 9.72 Å². The van der Waals surface area contributed by atoms with E-state index in [1.807, 2.05) is 26.8 Å². The number of thiophene rings is 1. The SMILES string of the molecule is CC(C)(C)c1cc2c(s1)c(=O)cc1n2C(=O)c2cccc([N+](=O)[O-])c2-1. The third kappa shape index (κ3) is 2.09. The van der Waals surface area contributed by atoms with Crippen LogP contribution in [0, 0.1) is 10.1 Å². The van der Waals surface area contributed by atoms with Crippen LogP contribution in [0.2, 0.25) is 0 Å². The Labute approximate surface area is 146 Å². The maximum absolute atomic E-state index is 12.9. The maximum Gasteiger partial charge on any atom is 0.279 e. The van der Waals surface area contributed by atoms with E-state index in [9.17, 15) is 19.7 Å². The number of aromatic nitrogens is 1. The minimum Gasteiger partial charge on any atom is -0.288 e. The molecule has 1 aromatic carbocycles. The van der Waals surface area contributed by atoms with Crippen LogP contribution < -0.4 is 5.43 Å². The van der Waals surface area contributed by atoms with E-state index in [4.69, 9.17) is 0 Å². The van der Waals surface area contributed by atoms with E-state index in [0.717, 1.165) is 4.88 Å². The van der Waals surface area contributed by atoms with Crippen LogP contribution in [0.1, 0.15) is 36.0 Å². The number of nitrogens with zero attached hydrogens (tertiary/aromatic N) is 2. The third-order valence-electron chi connectivity index (χ3n) is 4.35. The maximum atomic E-state index is 12.9. The molecule has 0 amide bonds. The quantitative estimate of drug-likeness (QED) is 0.383. The molecule has 6 nitrogen and oxygen atoms in total. The number of rotatable bonds is 1. The predicted octanol–water partition coefficient (Wildman–Crippen LogP) is 3.94. The van der Waals surface area contributed by atoms with Crippen LogP contribution in [0.4, 0.5) is 5.69 Å². The highest BCUT2D eigenvalue weighted by Gasteiger charge is 2.35. The van der Waals surface area contributed by atoms with E-state index in [2.05, 4.69) is 0 Å². The molecule has 0 spiro atoms. The molecule has 3 aromatic rings. The number of hydrogen-bond donors (Lipinski definition) is 0. The summed E-state index contributed by atoms with van der Waals surface area (Å²) in [6, 6.07) is 7.59. The van der Waals surface area contributed by atoms with Crippen molar-refractivity contribution in [3.05, 3.63) is 61.1 Å². The lowest BCUT2D eigenvalue weighted by Gasteiger charge is -2.14. The highest BCUT2D eigenvalue weighted by Crippen LogP contribution is 2.41. The van der Waals surface area contributed by atoms with Crippen LogP contribution in [-0.4, -0.2) is 15.4 Å². The molecule has 0 bridgehead atoms. The number of carbonyl (C=O) groups excluding carboxylic acids is 1. The Balaban J connectivity index is 2.14. The largest absolute Gasteiger partial charge is 0.288 e. The van der Waals surface area contributed by atoms with Gasteiger partial charge in [-0.15, -0.1) is 11.3 Å². The molecule has 4 rings (SSSR count). The van der Waals surface area contributed by atoms with Crippen LogP contribution >= 0.6 is 11.3 Å². The summed E-state index contributed by atoms with van der Waals surface area (Å²) in [4.78, 5) is 37.3. The Kier molecular flexibility index (Phi) is 3.05. The van der Waals surface area contributed by atoms with Crippen molar-refractivity contribution in [2.24, 2.45) is 0 Å². The zero-order valence-corrected chi connectivity index (χ0v) is 14.6. The van der Waals surface area contributed by atoms with Gasteiger partial charge in [0.25, 0.3) is 11.6 Å². The van der Waals surface area contributed by atoms with E-state index < -0.39 is 4.92 Å². The lowest BCUT2D eigenvalue weighted by molar-refractivity contribution is -0.384. The monoisotopic (exact) mass is 354 g/mol. The van der Waals surface area contributed by atoms with E-state index in [1.165, 1.54) is 34.1 Å². The fourth-order valence-electron chi connectivity index (χ4n) is 3.14. The third-order valence-corrected chi connectivity index (χ3v) is 5.92. The molecule has 0 unspecified atom stereocenters. The van der Waals surface area contributed by atoms with Crippen molar-refractivity contribution >= 4 is 33.1 Å². The summed E-state index contributed by atoms with van der Waals surface area (Å²) in [7, 11) is 0. The van der Waals surface area contributed by atoms with Gasteiger partial charge in [0.15, 0.2) is 5.43 Å². The van der Waals surface area contributed by atoms with Gasteiger partial charge in [0.1, 0.15) is 0 Å². The van der Waals surface area contributed by atoms with Crippen molar-refractivity contribution in [3.8, 4) is 11.3 Å². The fourth-order valence-corrected chi connectivity index (χ4v) is 4.25. The number of hydrogen-bond acceptors (Lipinski definition) is 5. The van der Waals surface area contributed by atoms with Gasteiger partial charge in [0.05, 0.1) is 32.0 Å². The molecule has 126 valence electrons. The van der Waals surface area contributed by atoms with Crippen LogP contribution in [0.5, 0.6) is 0 Å². The summed E-state index contributed by atoms with van der Waals surface area (Å²) in [6.45, 7) is 6.11. The zero-order valence-electron chi connectivity index (χ0n) is 13.8. The molecule has 7 heteroatoms. The highest BCUT2D eigenvalue weighted by molar-refractivity contribution is 7.19.